The second kappa shape index (κ2) is 6.76. The lowest BCUT2D eigenvalue weighted by molar-refractivity contribution is -0.142. The molecule has 110 valence electrons. The Bertz CT molecular complexity index is 502. The number of hydrogen-bond acceptors (Lipinski definition) is 6. The minimum Gasteiger partial charge on any atom is -0.504 e. The first-order chi connectivity index (χ1) is 9.35. The van der Waals surface area contributed by atoms with E-state index in [9.17, 15) is 14.7 Å². The van der Waals surface area contributed by atoms with E-state index in [1.165, 1.54) is 38.2 Å². The van der Waals surface area contributed by atoms with E-state index in [-0.39, 0.29) is 17.9 Å². The first-order valence-corrected chi connectivity index (χ1v) is 5.89. The van der Waals surface area contributed by atoms with Gasteiger partial charge < -0.3 is 25.2 Å². The number of benzene rings is 1. The molecule has 1 rings (SSSR count). The predicted molar refractivity (Wildman–Crippen MR) is 71.5 cm³/mol. The number of phenolic OH excluding ortho intramolecular Hbond substituents is 1. The van der Waals surface area contributed by atoms with Crippen molar-refractivity contribution in [1.82, 2.24) is 4.90 Å². The number of carbonyl (C=O) groups is 2. The Morgan fingerprint density at radius 1 is 1.40 bits per heavy atom. The Balaban J connectivity index is 2.86. The quantitative estimate of drug-likeness (QED) is 0.779. The van der Waals surface area contributed by atoms with Gasteiger partial charge in [0.05, 0.1) is 7.11 Å². The van der Waals surface area contributed by atoms with E-state index in [0.29, 0.717) is 5.56 Å². The van der Waals surface area contributed by atoms with Crippen molar-refractivity contribution >= 4 is 12.1 Å². The number of methoxy groups -OCH3 is 1. The van der Waals surface area contributed by atoms with Gasteiger partial charge in [-0.15, -0.1) is 0 Å². The van der Waals surface area contributed by atoms with Crippen molar-refractivity contribution in [2.45, 2.75) is 12.5 Å². The van der Waals surface area contributed by atoms with Crippen LogP contribution in [0.5, 0.6) is 11.5 Å². The highest BCUT2D eigenvalue weighted by Crippen LogP contribution is 2.27. The second-order valence-corrected chi connectivity index (χ2v) is 4.40. The largest absolute Gasteiger partial charge is 0.504 e. The average molecular weight is 282 g/mol. The van der Waals surface area contributed by atoms with Crippen molar-refractivity contribution in [3.05, 3.63) is 23.8 Å². The lowest BCUT2D eigenvalue weighted by atomic mass is 10.1. The number of rotatable bonds is 4. The molecule has 3 N–H and O–H groups in total. The highest BCUT2D eigenvalue weighted by atomic mass is 16.6. The molecule has 7 nitrogen and oxygen atoms in total. The van der Waals surface area contributed by atoms with Gasteiger partial charge in [0.15, 0.2) is 11.5 Å². The number of phenols is 1. The van der Waals surface area contributed by atoms with Crippen molar-refractivity contribution in [3.8, 4) is 11.5 Å². The Morgan fingerprint density at radius 3 is 2.60 bits per heavy atom. The van der Waals surface area contributed by atoms with E-state index >= 15 is 0 Å². The van der Waals surface area contributed by atoms with E-state index in [4.69, 9.17) is 10.5 Å². The lowest BCUT2D eigenvalue weighted by Gasteiger charge is -2.14. The van der Waals surface area contributed by atoms with Crippen LogP contribution in [-0.4, -0.2) is 49.3 Å². The summed E-state index contributed by atoms with van der Waals surface area (Å²) in [6.07, 6.45) is -0.408. The molecule has 1 amide bonds. The van der Waals surface area contributed by atoms with Crippen LogP contribution in [0.3, 0.4) is 0 Å². The van der Waals surface area contributed by atoms with Crippen molar-refractivity contribution in [2.75, 3.05) is 21.2 Å². The smallest absolute Gasteiger partial charge is 0.414 e. The highest BCUT2D eigenvalue weighted by Gasteiger charge is 2.16. The van der Waals surface area contributed by atoms with Gasteiger partial charge in [-0.2, -0.15) is 0 Å². The lowest BCUT2D eigenvalue weighted by Crippen LogP contribution is -2.33. The molecule has 0 spiro atoms. The number of esters is 1. The third-order valence-corrected chi connectivity index (χ3v) is 2.55. The van der Waals surface area contributed by atoms with Gasteiger partial charge in [0, 0.05) is 14.1 Å². The SMILES string of the molecule is COC(=O)[C@@H](N)Cc1ccc(O)c(OC(=O)N(C)C)c1. The zero-order chi connectivity index (χ0) is 15.3. The molecule has 0 unspecified atom stereocenters. The molecule has 1 aromatic carbocycles. The summed E-state index contributed by atoms with van der Waals surface area (Å²) in [4.78, 5) is 23.9. The molecule has 0 aliphatic rings. The summed E-state index contributed by atoms with van der Waals surface area (Å²) in [5.74, 6) is -0.696. The van der Waals surface area contributed by atoms with Crippen LogP contribution in [0.15, 0.2) is 18.2 Å². The maximum atomic E-state index is 11.4. The first-order valence-electron chi connectivity index (χ1n) is 5.89. The van der Waals surface area contributed by atoms with Crippen LogP contribution >= 0.6 is 0 Å². The van der Waals surface area contributed by atoms with Crippen LogP contribution in [0.25, 0.3) is 0 Å². The van der Waals surface area contributed by atoms with Crippen molar-refractivity contribution in [2.24, 2.45) is 5.73 Å². The van der Waals surface area contributed by atoms with Gasteiger partial charge in [-0.05, 0) is 24.1 Å². The minimum atomic E-state index is -0.818. The molecule has 1 aromatic rings. The normalized spacial score (nSPS) is 11.6. The molecular formula is C13H18N2O5. The van der Waals surface area contributed by atoms with Gasteiger partial charge in [-0.25, -0.2) is 4.79 Å². The first kappa shape index (κ1) is 15.8. The van der Waals surface area contributed by atoms with Gasteiger partial charge in [-0.1, -0.05) is 6.07 Å². The van der Waals surface area contributed by atoms with Gasteiger partial charge in [0.25, 0.3) is 0 Å². The predicted octanol–water partition coefficient (Wildman–Crippen LogP) is 0.495. The summed E-state index contributed by atoms with van der Waals surface area (Å²) in [6.45, 7) is 0. The Labute approximate surface area is 116 Å². The van der Waals surface area contributed by atoms with Crippen LogP contribution in [0.4, 0.5) is 4.79 Å². The fourth-order valence-electron chi connectivity index (χ4n) is 1.44. The number of hydrogen-bond donors (Lipinski definition) is 2. The molecule has 20 heavy (non-hydrogen) atoms. The number of amides is 1. The minimum absolute atomic E-state index is 0.0123. The van der Waals surface area contributed by atoms with Crippen LogP contribution in [0.2, 0.25) is 0 Å². The van der Waals surface area contributed by atoms with Gasteiger partial charge in [0.1, 0.15) is 6.04 Å². The van der Waals surface area contributed by atoms with Gasteiger partial charge in [0.2, 0.25) is 0 Å². The molecule has 0 saturated heterocycles. The standard InChI is InChI=1S/C13H18N2O5/c1-15(2)13(18)20-11-7-8(4-5-10(11)16)6-9(14)12(17)19-3/h4-5,7,9,16H,6,14H2,1-3H3/t9-/m0/s1. The molecule has 0 aliphatic heterocycles. The summed E-state index contributed by atoms with van der Waals surface area (Å²) < 4.78 is 9.52. The number of ether oxygens (including phenoxy) is 2. The zero-order valence-electron chi connectivity index (χ0n) is 11.6. The Kier molecular flexibility index (Phi) is 5.33. The molecule has 0 radical (unpaired) electrons. The summed E-state index contributed by atoms with van der Waals surface area (Å²) >= 11 is 0. The van der Waals surface area contributed by atoms with E-state index in [2.05, 4.69) is 4.74 Å². The molecule has 1 atom stereocenters. The molecule has 0 saturated carbocycles. The topological polar surface area (TPSA) is 102 Å². The average Bonchev–Trinajstić information content (AvgIpc) is 2.41. The van der Waals surface area contributed by atoms with Crippen LogP contribution in [0.1, 0.15) is 5.56 Å². The highest BCUT2D eigenvalue weighted by molar-refractivity contribution is 5.76. The molecule has 0 heterocycles. The second-order valence-electron chi connectivity index (χ2n) is 4.40. The zero-order valence-corrected chi connectivity index (χ0v) is 11.6. The molecule has 0 aliphatic carbocycles. The van der Waals surface area contributed by atoms with Crippen LogP contribution < -0.4 is 10.5 Å². The number of nitrogens with zero attached hydrogens (tertiary/aromatic N) is 1. The summed E-state index contributed by atoms with van der Waals surface area (Å²) in [6, 6.07) is 3.60. The van der Waals surface area contributed by atoms with Crippen molar-refractivity contribution in [1.29, 1.82) is 0 Å². The van der Waals surface area contributed by atoms with Crippen LogP contribution in [-0.2, 0) is 16.0 Å². The summed E-state index contributed by atoms with van der Waals surface area (Å²) in [5, 5.41) is 9.64. The van der Waals surface area contributed by atoms with E-state index in [0.717, 1.165) is 0 Å². The van der Waals surface area contributed by atoms with Gasteiger partial charge in [-0.3, -0.25) is 4.79 Å². The molecule has 0 aromatic heterocycles. The molecule has 7 heteroatoms. The summed E-state index contributed by atoms with van der Waals surface area (Å²) in [7, 11) is 4.30. The van der Waals surface area contributed by atoms with E-state index < -0.39 is 18.1 Å². The van der Waals surface area contributed by atoms with Crippen LogP contribution in [0, 0.1) is 0 Å². The Hall–Kier alpha value is -2.28. The number of carbonyl (C=O) groups excluding carboxylic acids is 2. The van der Waals surface area contributed by atoms with Crippen molar-refractivity contribution in [3.63, 3.8) is 0 Å². The fraction of sp³-hybridized carbons (Fsp3) is 0.385. The third-order valence-electron chi connectivity index (χ3n) is 2.55. The molecular weight excluding hydrogens is 264 g/mol. The fourth-order valence-corrected chi connectivity index (χ4v) is 1.44. The maximum absolute atomic E-state index is 11.4. The van der Waals surface area contributed by atoms with Gasteiger partial charge >= 0.3 is 12.1 Å². The summed E-state index contributed by atoms with van der Waals surface area (Å²) in [5.41, 5.74) is 6.29. The van der Waals surface area contributed by atoms with E-state index in [1.807, 2.05) is 0 Å². The number of nitrogens with two attached hydrogens (primary N) is 1. The molecule has 0 bridgehead atoms. The third kappa shape index (κ3) is 4.13. The van der Waals surface area contributed by atoms with E-state index in [1.54, 1.807) is 6.07 Å². The van der Waals surface area contributed by atoms with Crippen molar-refractivity contribution < 1.29 is 24.2 Å². The molecule has 0 fully saturated rings. The maximum Gasteiger partial charge on any atom is 0.414 e. The number of aromatic hydroxyl groups is 1. The monoisotopic (exact) mass is 282 g/mol. The Morgan fingerprint density at radius 2 is 2.05 bits per heavy atom.